The molecule has 0 aliphatic carbocycles. The number of pyridine rings is 1. The van der Waals surface area contributed by atoms with E-state index in [4.69, 9.17) is 27.7 Å². The van der Waals surface area contributed by atoms with Gasteiger partial charge in [0.05, 0.1) is 11.3 Å². The van der Waals surface area contributed by atoms with Crippen LogP contribution in [-0.2, 0) is 6.54 Å². The molecule has 2 heterocycles. The quantitative estimate of drug-likeness (QED) is 0.485. The predicted molar refractivity (Wildman–Crippen MR) is 110 cm³/mol. The third kappa shape index (κ3) is 3.76. The Hall–Kier alpha value is -2.03. The number of hydrogen-bond donors (Lipinski definition) is 0. The van der Waals surface area contributed by atoms with Crippen LogP contribution in [0.1, 0.15) is 6.92 Å². The second-order valence-corrected chi connectivity index (χ2v) is 13.2. The highest BCUT2D eigenvalue weighted by Crippen LogP contribution is 2.38. The second-order valence-electron chi connectivity index (χ2n) is 7.47. The van der Waals surface area contributed by atoms with Gasteiger partial charge in [0.25, 0.3) is 5.56 Å². The van der Waals surface area contributed by atoms with Gasteiger partial charge in [-0.1, -0.05) is 48.0 Å². The topological polar surface area (TPSA) is 48.0 Å². The molecular formula is C19H17Cl2F3N2O2Si. The Morgan fingerprint density at radius 3 is 2.17 bits per heavy atom. The van der Waals surface area contributed by atoms with Crippen LogP contribution in [0.5, 0.6) is 0 Å². The van der Waals surface area contributed by atoms with Crippen molar-refractivity contribution in [1.29, 1.82) is 0 Å². The summed E-state index contributed by atoms with van der Waals surface area (Å²) in [6.45, 7) is 7.63. The summed E-state index contributed by atoms with van der Waals surface area (Å²) in [5.41, 5.74) is -1.16. The van der Waals surface area contributed by atoms with Crippen molar-refractivity contribution >= 4 is 36.7 Å². The summed E-state index contributed by atoms with van der Waals surface area (Å²) in [6.07, 6.45) is 0. The number of benzene rings is 1. The molecule has 0 N–H and O–H groups in total. The molecule has 3 rings (SSSR count). The first kappa shape index (κ1) is 21.7. The molecular weight excluding hydrogens is 444 g/mol. The summed E-state index contributed by atoms with van der Waals surface area (Å²) in [5, 5.41) is 4.49. The molecule has 4 nitrogen and oxygen atoms in total. The summed E-state index contributed by atoms with van der Waals surface area (Å²) < 4.78 is 49.3. The molecule has 29 heavy (non-hydrogen) atoms. The standard InChI is InChI=1S/C19H17Cl2F3N2O2Si/c1-5-26-17(14-12(23)6-9(22)7-13(14)24)10(8-11(20)18(26)27)16-15(21)19(28-25-16)29(2,3)4/h6-8H,5H2,1-4H3. The molecule has 1 aromatic carbocycles. The molecule has 154 valence electrons. The van der Waals surface area contributed by atoms with E-state index in [0.29, 0.717) is 17.5 Å². The van der Waals surface area contributed by atoms with Crippen LogP contribution in [0.2, 0.25) is 29.7 Å². The maximum absolute atomic E-state index is 14.6. The molecule has 0 amide bonds. The third-order valence-electron chi connectivity index (χ3n) is 4.38. The van der Waals surface area contributed by atoms with Gasteiger partial charge in [-0.15, -0.1) is 0 Å². The molecule has 0 saturated heterocycles. The Morgan fingerprint density at radius 1 is 1.10 bits per heavy atom. The minimum absolute atomic E-state index is 0.0499. The Balaban J connectivity index is 2.47. The van der Waals surface area contributed by atoms with Crippen LogP contribution in [0.15, 0.2) is 27.5 Å². The van der Waals surface area contributed by atoms with E-state index < -0.39 is 36.6 Å². The highest BCUT2D eigenvalue weighted by Gasteiger charge is 2.31. The normalized spacial score (nSPS) is 11.9. The van der Waals surface area contributed by atoms with Gasteiger partial charge >= 0.3 is 0 Å². The molecule has 3 aromatic rings. The summed E-state index contributed by atoms with van der Waals surface area (Å²) in [6, 6.07) is 2.32. The first-order valence-corrected chi connectivity index (χ1v) is 13.0. The third-order valence-corrected chi connectivity index (χ3v) is 6.86. The van der Waals surface area contributed by atoms with E-state index >= 15 is 0 Å². The van der Waals surface area contributed by atoms with Crippen molar-refractivity contribution in [3.63, 3.8) is 0 Å². The molecule has 2 aromatic heterocycles. The van der Waals surface area contributed by atoms with E-state index in [2.05, 4.69) is 5.16 Å². The Bertz CT molecular complexity index is 1150. The van der Waals surface area contributed by atoms with Gasteiger partial charge in [0.2, 0.25) is 0 Å². The van der Waals surface area contributed by atoms with Crippen molar-refractivity contribution in [3.8, 4) is 22.5 Å². The SMILES string of the molecule is CCn1c(-c2c(F)cc(F)cc2F)c(-c2noc([Si](C)(C)C)c2Cl)cc(Cl)c1=O. The molecule has 0 fully saturated rings. The van der Waals surface area contributed by atoms with Gasteiger partial charge in [-0.3, -0.25) is 4.79 Å². The molecule has 10 heteroatoms. The number of rotatable bonds is 4. The lowest BCUT2D eigenvalue weighted by atomic mass is 10.0. The second kappa shape index (κ2) is 7.66. The Labute approximate surface area is 175 Å². The van der Waals surface area contributed by atoms with Gasteiger partial charge in [0.1, 0.15) is 46.6 Å². The lowest BCUT2D eigenvalue weighted by molar-refractivity contribution is 0.446. The monoisotopic (exact) mass is 460 g/mol. The average molecular weight is 461 g/mol. The minimum Gasteiger partial charge on any atom is -0.365 e. The molecule has 0 unspecified atom stereocenters. The van der Waals surface area contributed by atoms with E-state index in [0.717, 1.165) is 4.57 Å². The Kier molecular flexibility index (Phi) is 5.72. The van der Waals surface area contributed by atoms with Crippen LogP contribution >= 0.6 is 23.2 Å². The number of halogens is 5. The molecule has 0 bridgehead atoms. The van der Waals surface area contributed by atoms with E-state index in [9.17, 15) is 18.0 Å². The molecule has 0 radical (unpaired) electrons. The number of aromatic nitrogens is 2. The maximum atomic E-state index is 14.6. The summed E-state index contributed by atoms with van der Waals surface area (Å²) in [5.74, 6) is -3.42. The van der Waals surface area contributed by atoms with Gasteiger partial charge in [0.15, 0.2) is 0 Å². The molecule has 0 aliphatic rings. The van der Waals surface area contributed by atoms with Crippen molar-refractivity contribution in [1.82, 2.24) is 9.72 Å². The largest absolute Gasteiger partial charge is 0.365 e. The fraction of sp³-hybridized carbons (Fsp3) is 0.263. The molecule has 0 saturated carbocycles. The molecule has 0 aliphatic heterocycles. The average Bonchev–Trinajstić information content (AvgIpc) is 2.98. The van der Waals surface area contributed by atoms with Crippen LogP contribution in [0.25, 0.3) is 22.5 Å². The van der Waals surface area contributed by atoms with Crippen molar-refractivity contribution in [2.75, 3.05) is 0 Å². The minimum atomic E-state index is -2.02. The van der Waals surface area contributed by atoms with Gasteiger partial charge in [0, 0.05) is 24.2 Å². The van der Waals surface area contributed by atoms with E-state index in [1.54, 1.807) is 6.92 Å². The summed E-state index contributed by atoms with van der Waals surface area (Å²) >= 11 is 12.6. The van der Waals surface area contributed by atoms with E-state index in [1.165, 1.54) is 6.07 Å². The smallest absolute Gasteiger partial charge is 0.269 e. The lowest BCUT2D eigenvalue weighted by Crippen LogP contribution is -2.37. The zero-order valence-corrected chi connectivity index (χ0v) is 18.6. The van der Waals surface area contributed by atoms with Crippen LogP contribution in [0.4, 0.5) is 13.2 Å². The summed E-state index contributed by atoms with van der Waals surface area (Å²) in [4.78, 5) is 12.6. The van der Waals surface area contributed by atoms with Crippen molar-refractivity contribution in [2.24, 2.45) is 0 Å². The van der Waals surface area contributed by atoms with Gasteiger partial charge in [-0.05, 0) is 13.0 Å². The maximum Gasteiger partial charge on any atom is 0.269 e. The highest BCUT2D eigenvalue weighted by molar-refractivity contribution is 6.89. The lowest BCUT2D eigenvalue weighted by Gasteiger charge is -2.17. The van der Waals surface area contributed by atoms with E-state index in [-0.39, 0.29) is 33.5 Å². The zero-order valence-electron chi connectivity index (χ0n) is 16.0. The molecule has 0 atom stereocenters. The van der Waals surface area contributed by atoms with Crippen LogP contribution in [0.3, 0.4) is 0 Å². The zero-order chi connectivity index (χ0) is 21.7. The Morgan fingerprint density at radius 2 is 1.69 bits per heavy atom. The highest BCUT2D eigenvalue weighted by atomic mass is 35.5. The fourth-order valence-electron chi connectivity index (χ4n) is 3.07. The van der Waals surface area contributed by atoms with Crippen molar-refractivity contribution < 1.29 is 17.7 Å². The van der Waals surface area contributed by atoms with Crippen molar-refractivity contribution in [3.05, 3.63) is 56.0 Å². The predicted octanol–water partition coefficient (Wildman–Crippen LogP) is 5.46. The van der Waals surface area contributed by atoms with Gasteiger partial charge < -0.3 is 9.09 Å². The van der Waals surface area contributed by atoms with Crippen molar-refractivity contribution in [2.45, 2.75) is 33.1 Å². The summed E-state index contributed by atoms with van der Waals surface area (Å²) in [7, 11) is -2.02. The fourth-order valence-corrected chi connectivity index (χ4v) is 5.39. The number of hydrogen-bond acceptors (Lipinski definition) is 3. The first-order valence-electron chi connectivity index (χ1n) is 8.71. The first-order chi connectivity index (χ1) is 13.5. The van der Waals surface area contributed by atoms with Gasteiger partial charge in [-0.25, -0.2) is 13.2 Å². The van der Waals surface area contributed by atoms with Gasteiger partial charge in [-0.2, -0.15) is 0 Å². The van der Waals surface area contributed by atoms with E-state index in [1.807, 2.05) is 19.6 Å². The van der Waals surface area contributed by atoms with Crippen LogP contribution < -0.4 is 10.9 Å². The number of nitrogens with zero attached hydrogens (tertiary/aromatic N) is 2. The van der Waals surface area contributed by atoms with Crippen LogP contribution in [0, 0.1) is 17.5 Å². The van der Waals surface area contributed by atoms with Crippen LogP contribution in [-0.4, -0.2) is 17.8 Å². The molecule has 0 spiro atoms.